The van der Waals surface area contributed by atoms with Crippen LogP contribution >= 0.6 is 0 Å². The summed E-state index contributed by atoms with van der Waals surface area (Å²) in [4.78, 5) is 36.8. The van der Waals surface area contributed by atoms with Crippen LogP contribution < -0.4 is 20.7 Å². The zero-order valence-electron chi connectivity index (χ0n) is 18.4. The molecule has 0 radical (unpaired) electrons. The van der Waals surface area contributed by atoms with Crippen LogP contribution in [0.1, 0.15) is 15.9 Å². The molecule has 1 fully saturated rings. The Kier molecular flexibility index (Phi) is 4.71. The number of aliphatic hydroxyl groups is 1. The van der Waals surface area contributed by atoms with Crippen LogP contribution in [0.25, 0.3) is 0 Å². The fourth-order valence-corrected chi connectivity index (χ4v) is 4.97. The van der Waals surface area contributed by atoms with Crippen molar-refractivity contribution in [1.29, 1.82) is 0 Å². The van der Waals surface area contributed by atoms with E-state index in [1.54, 1.807) is 30.4 Å². The van der Waals surface area contributed by atoms with Crippen molar-refractivity contribution in [3.63, 3.8) is 0 Å². The van der Waals surface area contributed by atoms with Gasteiger partial charge in [0.2, 0.25) is 0 Å². The molecule has 5 heterocycles. The normalized spacial score (nSPS) is 31.3. The minimum Gasteiger partial charge on any atom is -0.497 e. The monoisotopic (exact) mass is 464 g/mol. The van der Waals surface area contributed by atoms with Crippen LogP contribution in [0.15, 0.2) is 51.8 Å². The van der Waals surface area contributed by atoms with Gasteiger partial charge in [0.25, 0.3) is 11.8 Å². The summed E-state index contributed by atoms with van der Waals surface area (Å²) in [7, 11) is 1.55. The molecular weight excluding hydrogens is 440 g/mol. The number of nitrogens with one attached hydrogen (secondary N) is 3. The lowest BCUT2D eigenvalue weighted by atomic mass is 9.93. The largest absolute Gasteiger partial charge is 0.497 e. The summed E-state index contributed by atoms with van der Waals surface area (Å²) in [6.45, 7) is 1.79. The van der Waals surface area contributed by atoms with Crippen molar-refractivity contribution in [2.24, 2.45) is 15.9 Å². The molecule has 0 aliphatic carbocycles. The summed E-state index contributed by atoms with van der Waals surface area (Å²) >= 11 is 0. The third kappa shape index (κ3) is 3.19. The molecule has 176 valence electrons. The molecule has 1 saturated heterocycles. The first-order valence-corrected chi connectivity index (χ1v) is 11.1. The zero-order valence-corrected chi connectivity index (χ0v) is 18.4. The van der Waals surface area contributed by atoms with Gasteiger partial charge in [0.05, 0.1) is 26.1 Å². The highest BCUT2D eigenvalue weighted by Gasteiger charge is 2.55. The fraction of sp³-hybridized carbons (Fsp3) is 0.391. The molecule has 0 spiro atoms. The second-order valence-electron chi connectivity index (χ2n) is 8.79. The first-order chi connectivity index (χ1) is 16.5. The zero-order chi connectivity index (χ0) is 23.4. The van der Waals surface area contributed by atoms with E-state index in [0.717, 1.165) is 17.9 Å². The van der Waals surface area contributed by atoms with E-state index in [4.69, 9.17) is 9.47 Å². The Morgan fingerprint density at radius 1 is 1.32 bits per heavy atom. The number of hydrogen-bond donors (Lipinski definition) is 4. The smallest absolute Gasteiger partial charge is 0.254 e. The molecule has 0 aromatic heterocycles. The molecule has 4 N–H and O–H groups in total. The van der Waals surface area contributed by atoms with Gasteiger partial charge in [0.15, 0.2) is 11.9 Å². The Morgan fingerprint density at radius 3 is 2.94 bits per heavy atom. The number of amidine groups is 1. The maximum atomic E-state index is 13.2. The number of amides is 2. The van der Waals surface area contributed by atoms with Gasteiger partial charge in [-0.15, -0.1) is 0 Å². The highest BCUT2D eigenvalue weighted by molar-refractivity contribution is 6.01. The number of ether oxygens (including phenoxy) is 2. The topological polar surface area (TPSA) is 137 Å². The molecular formula is C23H24N6O5. The highest BCUT2D eigenvalue weighted by Crippen LogP contribution is 2.37. The Balaban J connectivity index is 1.28. The Bertz CT molecular complexity index is 1210. The quantitative estimate of drug-likeness (QED) is 0.450. The molecule has 5 aliphatic heterocycles. The van der Waals surface area contributed by atoms with E-state index in [2.05, 4.69) is 25.9 Å². The summed E-state index contributed by atoms with van der Waals surface area (Å²) in [5.74, 6) is 0.807. The van der Waals surface area contributed by atoms with E-state index in [1.165, 1.54) is 0 Å². The van der Waals surface area contributed by atoms with E-state index < -0.39 is 17.8 Å². The maximum Gasteiger partial charge on any atom is 0.254 e. The van der Waals surface area contributed by atoms with Gasteiger partial charge in [-0.3, -0.25) is 24.9 Å². The van der Waals surface area contributed by atoms with Crippen LogP contribution in [-0.2, 0) is 16.1 Å². The molecule has 34 heavy (non-hydrogen) atoms. The first kappa shape index (κ1) is 20.9. The average Bonchev–Trinajstić information content (AvgIpc) is 3.61. The summed E-state index contributed by atoms with van der Waals surface area (Å²) in [5.41, 5.74) is 0.640. The lowest BCUT2D eigenvalue weighted by molar-refractivity contribution is -0.125. The van der Waals surface area contributed by atoms with E-state index in [9.17, 15) is 14.7 Å². The van der Waals surface area contributed by atoms with E-state index in [0.29, 0.717) is 35.9 Å². The summed E-state index contributed by atoms with van der Waals surface area (Å²) in [5, 5.41) is 18.8. The van der Waals surface area contributed by atoms with Crippen molar-refractivity contribution in [3.8, 4) is 5.75 Å². The van der Waals surface area contributed by atoms with E-state index in [1.807, 2.05) is 18.2 Å². The lowest BCUT2D eigenvalue weighted by Gasteiger charge is -2.32. The number of fused-ring (bicyclic) bond motifs is 2. The molecule has 0 saturated carbocycles. The van der Waals surface area contributed by atoms with E-state index >= 15 is 0 Å². The van der Waals surface area contributed by atoms with Crippen LogP contribution in [0.5, 0.6) is 5.75 Å². The summed E-state index contributed by atoms with van der Waals surface area (Å²) < 4.78 is 11.5. The van der Waals surface area contributed by atoms with Crippen LogP contribution in [0.4, 0.5) is 0 Å². The highest BCUT2D eigenvalue weighted by atomic mass is 16.5. The van der Waals surface area contributed by atoms with Crippen molar-refractivity contribution in [2.45, 2.75) is 24.5 Å². The second-order valence-corrected chi connectivity index (χ2v) is 8.79. The lowest BCUT2D eigenvalue weighted by Crippen LogP contribution is -2.57. The Labute approximate surface area is 195 Å². The minimum absolute atomic E-state index is 0.0149. The van der Waals surface area contributed by atoms with Gasteiger partial charge < -0.3 is 30.1 Å². The van der Waals surface area contributed by atoms with Gasteiger partial charge in [0.1, 0.15) is 29.1 Å². The van der Waals surface area contributed by atoms with Crippen LogP contribution in [0.3, 0.4) is 0 Å². The first-order valence-electron chi connectivity index (χ1n) is 11.1. The Hall–Kier alpha value is -3.70. The van der Waals surface area contributed by atoms with Gasteiger partial charge in [-0.25, -0.2) is 0 Å². The van der Waals surface area contributed by atoms with Crippen LogP contribution in [-0.4, -0.2) is 78.6 Å². The van der Waals surface area contributed by atoms with Crippen molar-refractivity contribution in [2.75, 3.05) is 26.7 Å². The van der Waals surface area contributed by atoms with Crippen molar-refractivity contribution < 1.29 is 24.2 Å². The molecule has 11 nitrogen and oxygen atoms in total. The average molecular weight is 464 g/mol. The van der Waals surface area contributed by atoms with Gasteiger partial charge in [0, 0.05) is 24.9 Å². The van der Waals surface area contributed by atoms with E-state index in [-0.39, 0.29) is 24.5 Å². The number of nitrogens with zero attached hydrogens (tertiary/aromatic N) is 3. The molecule has 5 aliphatic rings. The SMILES string of the molecule is COc1ccc2c(c1)C(=O)N(C[C@@]1(C3=CC4C=NC(C5=NCCN5)=CC4O3)NC(O)NC1=O)C2. The van der Waals surface area contributed by atoms with Crippen LogP contribution in [0.2, 0.25) is 0 Å². The standard InChI is InChI=1S/C23H24N6O5/c1-33-14-3-2-12-10-29(20(30)15(12)7-14)11-23(21(31)27-22(32)28-23)18-6-13-9-26-16(8-17(13)34-18)19-24-4-5-25-19/h2-3,6-9,13,17,22,28,32H,4-5,10-11H2,1H3,(H,24,25)(H,27,31)/t13?,17?,22?,23-/m0/s1. The van der Waals surface area contributed by atoms with Gasteiger partial charge >= 0.3 is 0 Å². The van der Waals surface area contributed by atoms with Gasteiger partial charge in [-0.05, 0) is 29.8 Å². The molecule has 4 atom stereocenters. The number of aliphatic hydroxyl groups excluding tert-OH is 1. The third-order valence-corrected chi connectivity index (χ3v) is 6.69. The maximum absolute atomic E-state index is 13.2. The molecule has 6 rings (SSSR count). The molecule has 2 amide bonds. The fourth-order valence-electron chi connectivity index (χ4n) is 4.97. The molecule has 11 heteroatoms. The number of methoxy groups -OCH3 is 1. The Morgan fingerprint density at radius 2 is 2.21 bits per heavy atom. The number of benzene rings is 1. The number of hydrogen-bond acceptors (Lipinski definition) is 9. The summed E-state index contributed by atoms with van der Waals surface area (Å²) in [6.07, 6.45) is 3.84. The second kappa shape index (κ2) is 7.67. The third-order valence-electron chi connectivity index (χ3n) is 6.69. The van der Waals surface area contributed by atoms with Crippen molar-refractivity contribution >= 4 is 23.9 Å². The minimum atomic E-state index is -1.44. The number of aliphatic imine (C=N–C) groups is 2. The number of rotatable bonds is 5. The molecule has 0 bridgehead atoms. The number of carbonyl (C=O) groups is 2. The predicted octanol–water partition coefficient (Wildman–Crippen LogP) is -0.746. The molecule has 3 unspecified atom stereocenters. The molecule has 1 aromatic carbocycles. The molecule has 1 aromatic rings. The van der Waals surface area contributed by atoms with Crippen molar-refractivity contribution in [1.82, 2.24) is 20.9 Å². The van der Waals surface area contributed by atoms with Gasteiger partial charge in [-0.2, -0.15) is 0 Å². The predicted molar refractivity (Wildman–Crippen MR) is 121 cm³/mol. The van der Waals surface area contributed by atoms with Crippen molar-refractivity contribution in [3.05, 3.63) is 52.9 Å². The van der Waals surface area contributed by atoms with Crippen LogP contribution in [0, 0.1) is 5.92 Å². The number of carbonyl (C=O) groups excluding carboxylic acids is 2. The van der Waals surface area contributed by atoms with Gasteiger partial charge in [-0.1, -0.05) is 6.07 Å². The summed E-state index contributed by atoms with van der Waals surface area (Å²) in [6, 6.07) is 5.34.